The Morgan fingerprint density at radius 3 is 2.72 bits per heavy atom. The Bertz CT molecular complexity index is 1150. The molecular weight excluding hydrogens is 368 g/mol. The fourth-order valence-corrected chi connectivity index (χ4v) is 3.37. The Balaban J connectivity index is 1.62. The molecule has 0 spiro atoms. The molecule has 2 N–H and O–H groups in total. The number of carbonyl (C=O) groups excluding carboxylic acids is 2. The third kappa shape index (κ3) is 3.33. The maximum atomic E-state index is 12.0. The smallest absolute Gasteiger partial charge is 0.254 e. The van der Waals surface area contributed by atoms with Gasteiger partial charge in [0.1, 0.15) is 11.6 Å². The topological polar surface area (TPSA) is 91.6 Å². The molecular formula is C21H20N6O2. The molecule has 2 aliphatic rings. The van der Waals surface area contributed by atoms with Crippen LogP contribution >= 0.6 is 0 Å². The number of rotatable bonds is 5. The van der Waals surface area contributed by atoms with E-state index < -0.39 is 0 Å². The van der Waals surface area contributed by atoms with Crippen molar-refractivity contribution in [3.8, 4) is 0 Å². The summed E-state index contributed by atoms with van der Waals surface area (Å²) in [6, 6.07) is 12.4. The van der Waals surface area contributed by atoms with Crippen molar-refractivity contribution in [3.63, 3.8) is 0 Å². The second kappa shape index (κ2) is 6.73. The number of hydrogen-bond acceptors (Lipinski definition) is 6. The van der Waals surface area contributed by atoms with E-state index in [1.807, 2.05) is 48.3 Å². The van der Waals surface area contributed by atoms with Crippen LogP contribution in [-0.2, 0) is 9.59 Å². The monoisotopic (exact) mass is 388 g/mol. The van der Waals surface area contributed by atoms with E-state index in [2.05, 4.69) is 15.7 Å². The van der Waals surface area contributed by atoms with Gasteiger partial charge in [0, 0.05) is 36.0 Å². The minimum Gasteiger partial charge on any atom is -0.367 e. The van der Waals surface area contributed by atoms with Gasteiger partial charge in [-0.15, -0.1) is 0 Å². The van der Waals surface area contributed by atoms with E-state index in [4.69, 9.17) is 4.98 Å². The molecule has 2 aromatic heterocycles. The molecule has 146 valence electrons. The van der Waals surface area contributed by atoms with Crippen molar-refractivity contribution in [2.24, 2.45) is 0 Å². The molecule has 2 amide bonds. The van der Waals surface area contributed by atoms with Gasteiger partial charge in [-0.05, 0) is 31.1 Å². The zero-order valence-corrected chi connectivity index (χ0v) is 15.9. The highest BCUT2D eigenvalue weighted by atomic mass is 16.2. The van der Waals surface area contributed by atoms with Gasteiger partial charge in [0.2, 0.25) is 5.91 Å². The van der Waals surface area contributed by atoms with E-state index in [1.54, 1.807) is 16.8 Å². The largest absolute Gasteiger partial charge is 0.367 e. The fraction of sp³-hybridized carbons (Fsp3) is 0.238. The molecule has 1 aromatic carbocycles. The van der Waals surface area contributed by atoms with Crippen LogP contribution in [0.3, 0.4) is 0 Å². The standard InChI is InChI=1S/C21H20N6O2/c1-26(16-5-3-2-4-6-16)17-11-18(23-15-7-8-15)27-20(24-17)14(12-22-27)9-13-10-19(28)25-21(13)29/h2-6,9,11-12,15,23H,7-8,10H2,1H3,(H,25,28,29). The Labute approximate surface area is 167 Å². The van der Waals surface area contributed by atoms with E-state index >= 15 is 0 Å². The number of benzene rings is 1. The summed E-state index contributed by atoms with van der Waals surface area (Å²) in [6.45, 7) is 0. The van der Waals surface area contributed by atoms with Gasteiger partial charge in [0.15, 0.2) is 5.65 Å². The Hall–Kier alpha value is -3.68. The first-order chi connectivity index (χ1) is 14.1. The third-order valence-corrected chi connectivity index (χ3v) is 5.13. The van der Waals surface area contributed by atoms with Crippen molar-refractivity contribution >= 4 is 40.9 Å². The Kier molecular flexibility index (Phi) is 4.04. The van der Waals surface area contributed by atoms with Crippen LogP contribution in [0.1, 0.15) is 24.8 Å². The SMILES string of the molecule is CN(c1ccccc1)c1cc(NC2CC2)n2ncc(C=C3CC(=O)NC3=O)c2n1. The molecule has 0 atom stereocenters. The van der Waals surface area contributed by atoms with Gasteiger partial charge in [0.05, 0.1) is 12.6 Å². The van der Waals surface area contributed by atoms with Crippen molar-refractivity contribution in [2.45, 2.75) is 25.3 Å². The van der Waals surface area contributed by atoms with Gasteiger partial charge in [-0.3, -0.25) is 14.9 Å². The lowest BCUT2D eigenvalue weighted by molar-refractivity contribution is -0.124. The van der Waals surface area contributed by atoms with Crippen LogP contribution in [-0.4, -0.2) is 39.5 Å². The van der Waals surface area contributed by atoms with Crippen LogP contribution < -0.4 is 15.5 Å². The number of imide groups is 1. The Morgan fingerprint density at radius 1 is 1.24 bits per heavy atom. The van der Waals surface area contributed by atoms with Gasteiger partial charge < -0.3 is 10.2 Å². The number of nitrogens with one attached hydrogen (secondary N) is 2. The van der Waals surface area contributed by atoms with Gasteiger partial charge in [0.25, 0.3) is 5.91 Å². The molecule has 0 bridgehead atoms. The van der Waals surface area contributed by atoms with E-state index in [0.29, 0.717) is 22.8 Å². The molecule has 1 saturated carbocycles. The van der Waals surface area contributed by atoms with Crippen molar-refractivity contribution in [2.75, 3.05) is 17.3 Å². The zero-order chi connectivity index (χ0) is 20.0. The lowest BCUT2D eigenvalue weighted by atomic mass is 10.1. The number of anilines is 3. The summed E-state index contributed by atoms with van der Waals surface area (Å²) < 4.78 is 1.75. The molecule has 1 aliphatic heterocycles. The van der Waals surface area contributed by atoms with Crippen molar-refractivity contribution in [1.29, 1.82) is 0 Å². The molecule has 1 aliphatic carbocycles. The highest BCUT2D eigenvalue weighted by Gasteiger charge is 2.26. The number of nitrogens with zero attached hydrogens (tertiary/aromatic N) is 4. The highest BCUT2D eigenvalue weighted by molar-refractivity contribution is 6.15. The van der Waals surface area contributed by atoms with E-state index in [9.17, 15) is 9.59 Å². The summed E-state index contributed by atoms with van der Waals surface area (Å²) in [5, 5.41) is 10.3. The van der Waals surface area contributed by atoms with Crippen molar-refractivity contribution < 1.29 is 9.59 Å². The number of hydrogen-bond donors (Lipinski definition) is 2. The van der Waals surface area contributed by atoms with Crippen LogP contribution in [0.4, 0.5) is 17.3 Å². The van der Waals surface area contributed by atoms with Gasteiger partial charge in [-0.1, -0.05) is 18.2 Å². The number of aromatic nitrogens is 3. The predicted octanol–water partition coefficient (Wildman–Crippen LogP) is 2.50. The highest BCUT2D eigenvalue weighted by Crippen LogP contribution is 2.30. The molecule has 2 fully saturated rings. The summed E-state index contributed by atoms with van der Waals surface area (Å²) in [5.41, 5.74) is 2.77. The first-order valence-corrected chi connectivity index (χ1v) is 9.57. The predicted molar refractivity (Wildman–Crippen MR) is 110 cm³/mol. The van der Waals surface area contributed by atoms with Crippen LogP contribution in [0, 0.1) is 0 Å². The van der Waals surface area contributed by atoms with E-state index in [0.717, 1.165) is 30.2 Å². The normalized spacial score (nSPS) is 17.8. The zero-order valence-electron chi connectivity index (χ0n) is 15.9. The fourth-order valence-electron chi connectivity index (χ4n) is 3.37. The third-order valence-electron chi connectivity index (χ3n) is 5.13. The summed E-state index contributed by atoms with van der Waals surface area (Å²) >= 11 is 0. The molecule has 8 heteroatoms. The summed E-state index contributed by atoms with van der Waals surface area (Å²) in [6.07, 6.45) is 5.72. The van der Waals surface area contributed by atoms with E-state index in [-0.39, 0.29) is 18.2 Å². The number of amides is 2. The molecule has 8 nitrogen and oxygen atoms in total. The number of fused-ring (bicyclic) bond motifs is 1. The Morgan fingerprint density at radius 2 is 2.03 bits per heavy atom. The molecule has 1 saturated heterocycles. The maximum absolute atomic E-state index is 12.0. The lowest BCUT2D eigenvalue weighted by Gasteiger charge is -2.20. The molecule has 0 radical (unpaired) electrons. The van der Waals surface area contributed by atoms with Crippen LogP contribution in [0.25, 0.3) is 11.7 Å². The second-order valence-electron chi connectivity index (χ2n) is 7.37. The first kappa shape index (κ1) is 17.4. The number of para-hydroxylation sites is 1. The molecule has 3 aromatic rings. The summed E-state index contributed by atoms with van der Waals surface area (Å²) in [4.78, 5) is 30.3. The number of carbonyl (C=O) groups is 2. The van der Waals surface area contributed by atoms with Crippen LogP contribution in [0.15, 0.2) is 48.2 Å². The van der Waals surface area contributed by atoms with Crippen LogP contribution in [0.5, 0.6) is 0 Å². The lowest BCUT2D eigenvalue weighted by Crippen LogP contribution is -2.19. The van der Waals surface area contributed by atoms with Gasteiger partial charge >= 0.3 is 0 Å². The maximum Gasteiger partial charge on any atom is 0.254 e. The first-order valence-electron chi connectivity index (χ1n) is 9.57. The second-order valence-corrected chi connectivity index (χ2v) is 7.37. The molecule has 5 rings (SSSR count). The molecule has 0 unspecified atom stereocenters. The van der Waals surface area contributed by atoms with Crippen LogP contribution in [0.2, 0.25) is 0 Å². The minimum absolute atomic E-state index is 0.0764. The summed E-state index contributed by atoms with van der Waals surface area (Å²) in [5.74, 6) is 0.973. The van der Waals surface area contributed by atoms with Crippen molar-refractivity contribution in [3.05, 3.63) is 53.7 Å². The van der Waals surface area contributed by atoms with Gasteiger partial charge in [-0.25, -0.2) is 4.98 Å². The molecule has 29 heavy (non-hydrogen) atoms. The minimum atomic E-state index is -0.358. The van der Waals surface area contributed by atoms with E-state index in [1.165, 1.54) is 0 Å². The average Bonchev–Trinajstić information content (AvgIpc) is 3.36. The molecule has 3 heterocycles. The quantitative estimate of drug-likeness (QED) is 0.515. The average molecular weight is 388 g/mol. The van der Waals surface area contributed by atoms with Crippen molar-refractivity contribution in [1.82, 2.24) is 19.9 Å². The summed E-state index contributed by atoms with van der Waals surface area (Å²) in [7, 11) is 1.96. The van der Waals surface area contributed by atoms with Gasteiger partial charge in [-0.2, -0.15) is 9.61 Å².